The summed E-state index contributed by atoms with van der Waals surface area (Å²) < 4.78 is 5.54. The molecule has 2 amide bonds. The van der Waals surface area contributed by atoms with Gasteiger partial charge in [-0.1, -0.05) is 6.07 Å². The Balaban J connectivity index is 1.38. The lowest BCUT2D eigenvalue weighted by molar-refractivity contribution is -0.147. The number of rotatable bonds is 3. The Labute approximate surface area is 163 Å². The minimum Gasteiger partial charge on any atom is -0.480 e. The van der Waals surface area contributed by atoms with Crippen LogP contribution in [0.2, 0.25) is 0 Å². The van der Waals surface area contributed by atoms with Gasteiger partial charge in [0.15, 0.2) is 0 Å². The SMILES string of the molecule is CC(=O)N1C[C@H](OC(=O)N2Cc3ccc(N4CCCC4)cc3C2)C[C@H]1C(=O)O. The third kappa shape index (κ3) is 3.50. The summed E-state index contributed by atoms with van der Waals surface area (Å²) in [5.74, 6) is -1.40. The fourth-order valence-corrected chi connectivity index (χ4v) is 4.36. The number of nitrogens with zero attached hydrogens (tertiary/aromatic N) is 3. The molecule has 150 valence electrons. The number of aliphatic carboxylic acids is 1. The van der Waals surface area contributed by atoms with Crippen molar-refractivity contribution < 1.29 is 24.2 Å². The number of amides is 2. The summed E-state index contributed by atoms with van der Waals surface area (Å²) in [4.78, 5) is 40.8. The number of hydrogen-bond acceptors (Lipinski definition) is 5. The smallest absolute Gasteiger partial charge is 0.410 e. The van der Waals surface area contributed by atoms with Crippen molar-refractivity contribution in [2.75, 3.05) is 24.5 Å². The lowest BCUT2D eigenvalue weighted by Gasteiger charge is -2.20. The van der Waals surface area contributed by atoms with Crippen molar-refractivity contribution in [3.05, 3.63) is 29.3 Å². The Hall–Kier alpha value is -2.77. The van der Waals surface area contributed by atoms with Crippen molar-refractivity contribution in [1.82, 2.24) is 9.80 Å². The summed E-state index contributed by atoms with van der Waals surface area (Å²) in [6.45, 7) is 4.57. The zero-order chi connectivity index (χ0) is 19.8. The molecule has 0 spiro atoms. The maximum Gasteiger partial charge on any atom is 0.410 e. The standard InChI is InChI=1S/C20H25N3O5/c1-13(24)23-12-17(9-18(23)19(25)26)28-20(27)22-10-14-4-5-16(8-15(14)11-22)21-6-2-3-7-21/h4-5,8,17-18H,2-3,6-7,9-12H2,1H3,(H,25,26)/t17-,18+/m1/s1. The van der Waals surface area contributed by atoms with Crippen LogP contribution in [0.4, 0.5) is 10.5 Å². The highest BCUT2D eigenvalue weighted by molar-refractivity contribution is 5.83. The Morgan fingerprint density at radius 1 is 1.11 bits per heavy atom. The minimum absolute atomic E-state index is 0.123. The molecule has 1 aromatic carbocycles. The van der Waals surface area contributed by atoms with Gasteiger partial charge in [0.2, 0.25) is 5.91 Å². The number of carbonyl (C=O) groups excluding carboxylic acids is 2. The number of carboxylic acids is 1. The van der Waals surface area contributed by atoms with Crippen LogP contribution in [0.5, 0.6) is 0 Å². The van der Waals surface area contributed by atoms with E-state index in [0.29, 0.717) is 13.1 Å². The maximum absolute atomic E-state index is 12.6. The molecule has 1 N–H and O–H groups in total. The average molecular weight is 387 g/mol. The fraction of sp³-hybridized carbons (Fsp3) is 0.550. The summed E-state index contributed by atoms with van der Waals surface area (Å²) in [6.07, 6.45) is 1.50. The molecule has 0 radical (unpaired) electrons. The zero-order valence-electron chi connectivity index (χ0n) is 16.0. The topological polar surface area (TPSA) is 90.4 Å². The molecule has 0 unspecified atom stereocenters. The van der Waals surface area contributed by atoms with Gasteiger partial charge in [-0.05, 0) is 36.1 Å². The first-order chi connectivity index (χ1) is 13.4. The molecule has 0 saturated carbocycles. The second-order valence-electron chi connectivity index (χ2n) is 7.77. The van der Waals surface area contributed by atoms with Crippen LogP contribution in [0.1, 0.15) is 37.3 Å². The van der Waals surface area contributed by atoms with Gasteiger partial charge < -0.3 is 19.6 Å². The first-order valence-corrected chi connectivity index (χ1v) is 9.74. The van der Waals surface area contributed by atoms with Crippen LogP contribution < -0.4 is 4.90 Å². The van der Waals surface area contributed by atoms with E-state index < -0.39 is 24.2 Å². The maximum atomic E-state index is 12.6. The Kier molecular flexibility index (Phi) is 4.87. The van der Waals surface area contributed by atoms with Gasteiger partial charge in [-0.15, -0.1) is 0 Å². The normalized spacial score (nSPS) is 23.8. The van der Waals surface area contributed by atoms with Gasteiger partial charge in [-0.2, -0.15) is 0 Å². The number of ether oxygens (including phenoxy) is 1. The monoisotopic (exact) mass is 387 g/mol. The van der Waals surface area contributed by atoms with Crippen molar-refractivity contribution in [2.45, 2.75) is 51.4 Å². The largest absolute Gasteiger partial charge is 0.480 e. The molecule has 8 nitrogen and oxygen atoms in total. The first-order valence-electron chi connectivity index (χ1n) is 9.74. The van der Waals surface area contributed by atoms with Crippen LogP contribution in [0.15, 0.2) is 18.2 Å². The van der Waals surface area contributed by atoms with Gasteiger partial charge in [-0.3, -0.25) is 9.69 Å². The van der Waals surface area contributed by atoms with Gasteiger partial charge in [0.05, 0.1) is 6.54 Å². The van der Waals surface area contributed by atoms with Crippen molar-refractivity contribution in [3.8, 4) is 0 Å². The van der Waals surface area contributed by atoms with Crippen molar-refractivity contribution in [2.24, 2.45) is 0 Å². The number of likely N-dealkylation sites (tertiary alicyclic amines) is 1. The van der Waals surface area contributed by atoms with E-state index in [1.54, 1.807) is 4.90 Å². The zero-order valence-corrected chi connectivity index (χ0v) is 16.0. The van der Waals surface area contributed by atoms with Crippen LogP contribution in [-0.2, 0) is 27.4 Å². The number of carboxylic acid groups (broad SMARTS) is 1. The van der Waals surface area contributed by atoms with E-state index in [0.717, 1.165) is 24.2 Å². The van der Waals surface area contributed by atoms with Crippen LogP contribution in [-0.4, -0.2) is 64.7 Å². The van der Waals surface area contributed by atoms with E-state index >= 15 is 0 Å². The van der Waals surface area contributed by atoms with E-state index in [-0.39, 0.29) is 18.9 Å². The molecule has 3 aliphatic rings. The Bertz CT molecular complexity index is 783. The molecule has 3 aliphatic heterocycles. The van der Waals surface area contributed by atoms with E-state index in [1.165, 1.54) is 30.4 Å². The molecule has 0 aliphatic carbocycles. The summed E-state index contributed by atoms with van der Waals surface area (Å²) in [5.41, 5.74) is 3.44. The molecule has 2 atom stereocenters. The molecule has 2 saturated heterocycles. The number of carbonyl (C=O) groups is 3. The van der Waals surface area contributed by atoms with E-state index in [2.05, 4.69) is 23.1 Å². The minimum atomic E-state index is -1.07. The number of anilines is 1. The van der Waals surface area contributed by atoms with Crippen LogP contribution in [0, 0.1) is 0 Å². The highest BCUT2D eigenvalue weighted by atomic mass is 16.6. The summed E-state index contributed by atoms with van der Waals surface area (Å²) in [6, 6.07) is 5.40. The summed E-state index contributed by atoms with van der Waals surface area (Å²) >= 11 is 0. The molecule has 0 aromatic heterocycles. The van der Waals surface area contributed by atoms with E-state index in [1.807, 2.05) is 0 Å². The second-order valence-corrected chi connectivity index (χ2v) is 7.77. The van der Waals surface area contributed by atoms with E-state index in [9.17, 15) is 19.5 Å². The third-order valence-corrected chi connectivity index (χ3v) is 5.86. The number of fused-ring (bicyclic) bond motifs is 1. The Morgan fingerprint density at radius 2 is 1.82 bits per heavy atom. The van der Waals surface area contributed by atoms with Crippen molar-refractivity contribution >= 4 is 23.7 Å². The summed E-state index contributed by atoms with van der Waals surface area (Å²) in [5, 5.41) is 9.28. The van der Waals surface area contributed by atoms with Gasteiger partial charge in [0, 0.05) is 45.2 Å². The predicted molar refractivity (Wildman–Crippen MR) is 101 cm³/mol. The lowest BCUT2D eigenvalue weighted by atomic mass is 10.1. The van der Waals surface area contributed by atoms with Crippen molar-refractivity contribution in [3.63, 3.8) is 0 Å². The molecule has 1 aromatic rings. The van der Waals surface area contributed by atoms with E-state index in [4.69, 9.17) is 4.74 Å². The molecular formula is C20H25N3O5. The number of hydrogen-bond donors (Lipinski definition) is 1. The second kappa shape index (κ2) is 7.33. The van der Waals surface area contributed by atoms with Crippen LogP contribution in [0.25, 0.3) is 0 Å². The van der Waals surface area contributed by atoms with Crippen LogP contribution in [0.3, 0.4) is 0 Å². The Morgan fingerprint density at radius 3 is 2.46 bits per heavy atom. The third-order valence-electron chi connectivity index (χ3n) is 5.86. The van der Waals surface area contributed by atoms with Gasteiger partial charge in [0.25, 0.3) is 0 Å². The van der Waals surface area contributed by atoms with Gasteiger partial charge in [-0.25, -0.2) is 9.59 Å². The first kappa shape index (κ1) is 18.6. The summed E-state index contributed by atoms with van der Waals surface area (Å²) in [7, 11) is 0. The molecule has 28 heavy (non-hydrogen) atoms. The average Bonchev–Trinajstić information content (AvgIpc) is 3.39. The molecule has 3 heterocycles. The van der Waals surface area contributed by atoms with Gasteiger partial charge in [0.1, 0.15) is 12.1 Å². The molecule has 0 bridgehead atoms. The van der Waals surface area contributed by atoms with Gasteiger partial charge >= 0.3 is 12.1 Å². The van der Waals surface area contributed by atoms with Crippen LogP contribution >= 0.6 is 0 Å². The number of benzene rings is 1. The molecular weight excluding hydrogens is 362 g/mol. The highest BCUT2D eigenvalue weighted by Crippen LogP contribution is 2.30. The molecule has 2 fully saturated rings. The fourth-order valence-electron chi connectivity index (χ4n) is 4.36. The molecule has 8 heteroatoms. The van der Waals surface area contributed by atoms with Crippen molar-refractivity contribution in [1.29, 1.82) is 0 Å². The highest BCUT2D eigenvalue weighted by Gasteiger charge is 2.41. The molecule has 4 rings (SSSR count). The lowest BCUT2D eigenvalue weighted by Crippen LogP contribution is -2.39. The quantitative estimate of drug-likeness (QED) is 0.851. The predicted octanol–water partition coefficient (Wildman–Crippen LogP) is 1.81.